The van der Waals surface area contributed by atoms with E-state index in [-0.39, 0.29) is 17.1 Å². The van der Waals surface area contributed by atoms with Gasteiger partial charge in [-0.15, -0.1) is 0 Å². The molecule has 0 bridgehead atoms. The molecule has 0 atom stereocenters. The summed E-state index contributed by atoms with van der Waals surface area (Å²) in [6.45, 7) is 9.20. The summed E-state index contributed by atoms with van der Waals surface area (Å²) in [6, 6.07) is 6.85. The molecule has 30 heavy (non-hydrogen) atoms. The lowest BCUT2D eigenvalue weighted by molar-refractivity contribution is 0.0924. The summed E-state index contributed by atoms with van der Waals surface area (Å²) >= 11 is 0. The highest BCUT2D eigenvalue weighted by Gasteiger charge is 2.23. The van der Waals surface area contributed by atoms with Crippen LogP contribution in [0.4, 0.5) is 10.1 Å². The molecule has 1 aromatic heterocycles. The van der Waals surface area contributed by atoms with Gasteiger partial charge in [-0.25, -0.2) is 9.37 Å². The SMILES string of the molecule is CN(C)CC(C)(C)CNC(=O)c1coc(CN2CCN(c3ccccc3F)CC2)n1. The summed E-state index contributed by atoms with van der Waals surface area (Å²) in [4.78, 5) is 23.1. The third kappa shape index (κ3) is 6.03. The van der Waals surface area contributed by atoms with Gasteiger partial charge < -0.3 is 19.5 Å². The normalized spacial score (nSPS) is 15.6. The molecule has 7 nitrogen and oxygen atoms in total. The average molecular weight is 418 g/mol. The lowest BCUT2D eigenvalue weighted by Crippen LogP contribution is -2.46. The van der Waals surface area contributed by atoms with Crippen LogP contribution in [0.1, 0.15) is 30.2 Å². The highest BCUT2D eigenvalue weighted by molar-refractivity contribution is 5.91. The second-order valence-corrected chi connectivity index (χ2v) is 8.93. The molecule has 2 aromatic rings. The molecule has 0 saturated carbocycles. The predicted octanol–water partition coefficient (Wildman–Crippen LogP) is 2.45. The highest BCUT2D eigenvalue weighted by Crippen LogP contribution is 2.21. The minimum absolute atomic E-state index is 0.0381. The molecule has 1 N–H and O–H groups in total. The molecule has 1 saturated heterocycles. The Kier molecular flexibility index (Phi) is 7.10. The van der Waals surface area contributed by atoms with E-state index in [2.05, 4.69) is 38.8 Å². The molecule has 2 heterocycles. The minimum Gasteiger partial charge on any atom is -0.447 e. The number of nitrogens with one attached hydrogen (secondary N) is 1. The van der Waals surface area contributed by atoms with E-state index in [1.165, 1.54) is 12.3 Å². The van der Waals surface area contributed by atoms with Crippen molar-refractivity contribution in [2.24, 2.45) is 5.41 Å². The number of carbonyl (C=O) groups is 1. The van der Waals surface area contributed by atoms with Crippen LogP contribution in [-0.4, -0.2) is 74.1 Å². The number of nitrogens with zero attached hydrogens (tertiary/aromatic N) is 4. The van der Waals surface area contributed by atoms with Crippen LogP contribution in [0.5, 0.6) is 0 Å². The number of benzene rings is 1. The Balaban J connectivity index is 1.48. The summed E-state index contributed by atoms with van der Waals surface area (Å²) in [7, 11) is 4.04. The summed E-state index contributed by atoms with van der Waals surface area (Å²) < 4.78 is 19.5. The maximum Gasteiger partial charge on any atom is 0.273 e. The summed E-state index contributed by atoms with van der Waals surface area (Å²) in [5.41, 5.74) is 0.906. The minimum atomic E-state index is -0.221. The van der Waals surface area contributed by atoms with Crippen molar-refractivity contribution in [1.29, 1.82) is 0 Å². The van der Waals surface area contributed by atoms with Gasteiger partial charge in [-0.2, -0.15) is 0 Å². The quantitative estimate of drug-likeness (QED) is 0.712. The van der Waals surface area contributed by atoms with Crippen LogP contribution < -0.4 is 10.2 Å². The summed E-state index contributed by atoms with van der Waals surface area (Å²) in [6.07, 6.45) is 1.42. The van der Waals surface area contributed by atoms with Gasteiger partial charge in [0.1, 0.15) is 12.1 Å². The summed E-state index contributed by atoms with van der Waals surface area (Å²) in [5.74, 6) is 0.108. The van der Waals surface area contributed by atoms with E-state index in [1.54, 1.807) is 6.07 Å². The Hall–Kier alpha value is -2.45. The van der Waals surface area contributed by atoms with E-state index < -0.39 is 0 Å². The van der Waals surface area contributed by atoms with Gasteiger partial charge in [0, 0.05) is 39.3 Å². The van der Waals surface area contributed by atoms with Gasteiger partial charge in [0.2, 0.25) is 5.89 Å². The smallest absolute Gasteiger partial charge is 0.273 e. The molecule has 1 aliphatic heterocycles. The number of hydrogen-bond acceptors (Lipinski definition) is 6. The molecule has 1 fully saturated rings. The summed E-state index contributed by atoms with van der Waals surface area (Å²) in [5, 5.41) is 2.95. The molecule has 8 heteroatoms. The van der Waals surface area contributed by atoms with E-state index in [0.717, 1.165) is 32.7 Å². The first-order valence-electron chi connectivity index (χ1n) is 10.3. The van der Waals surface area contributed by atoms with E-state index in [9.17, 15) is 9.18 Å². The van der Waals surface area contributed by atoms with E-state index >= 15 is 0 Å². The number of carbonyl (C=O) groups excluding carboxylic acids is 1. The number of piperazine rings is 1. The van der Waals surface area contributed by atoms with Crippen molar-refractivity contribution in [3.05, 3.63) is 47.9 Å². The van der Waals surface area contributed by atoms with Crippen LogP contribution >= 0.6 is 0 Å². The zero-order valence-electron chi connectivity index (χ0n) is 18.3. The molecule has 3 rings (SSSR count). The Morgan fingerprint density at radius 1 is 1.23 bits per heavy atom. The van der Waals surface area contributed by atoms with Crippen molar-refractivity contribution in [3.63, 3.8) is 0 Å². The number of para-hydroxylation sites is 1. The van der Waals surface area contributed by atoms with Gasteiger partial charge in [0.05, 0.1) is 12.2 Å². The van der Waals surface area contributed by atoms with Crippen molar-refractivity contribution in [1.82, 2.24) is 20.1 Å². The van der Waals surface area contributed by atoms with Crippen LogP contribution in [0.15, 0.2) is 34.9 Å². The zero-order chi connectivity index (χ0) is 21.7. The third-order valence-electron chi connectivity index (χ3n) is 5.18. The van der Waals surface area contributed by atoms with Gasteiger partial charge in [0.15, 0.2) is 5.69 Å². The number of aromatic nitrogens is 1. The van der Waals surface area contributed by atoms with Crippen LogP contribution in [0, 0.1) is 11.2 Å². The molecular weight excluding hydrogens is 385 g/mol. The maximum atomic E-state index is 14.0. The number of hydrogen-bond donors (Lipinski definition) is 1. The van der Waals surface area contributed by atoms with Crippen molar-refractivity contribution in [2.75, 3.05) is 58.3 Å². The Labute approximate surface area is 177 Å². The van der Waals surface area contributed by atoms with Crippen molar-refractivity contribution < 1.29 is 13.6 Å². The van der Waals surface area contributed by atoms with Crippen LogP contribution in [0.3, 0.4) is 0 Å². The molecule has 1 aliphatic rings. The lowest BCUT2D eigenvalue weighted by Gasteiger charge is -2.35. The van der Waals surface area contributed by atoms with Crippen LogP contribution in [0.25, 0.3) is 0 Å². The first kappa shape index (κ1) is 22.2. The second-order valence-electron chi connectivity index (χ2n) is 8.93. The highest BCUT2D eigenvalue weighted by atomic mass is 19.1. The van der Waals surface area contributed by atoms with Gasteiger partial charge >= 0.3 is 0 Å². The van der Waals surface area contributed by atoms with Crippen LogP contribution in [0.2, 0.25) is 0 Å². The number of oxazole rings is 1. The van der Waals surface area contributed by atoms with E-state index in [1.807, 2.05) is 26.2 Å². The Bertz CT molecular complexity index is 844. The average Bonchev–Trinajstić information content (AvgIpc) is 3.15. The maximum absolute atomic E-state index is 14.0. The van der Waals surface area contributed by atoms with E-state index in [4.69, 9.17) is 4.42 Å². The number of halogens is 1. The third-order valence-corrected chi connectivity index (χ3v) is 5.18. The fraction of sp³-hybridized carbons (Fsp3) is 0.545. The zero-order valence-corrected chi connectivity index (χ0v) is 18.3. The van der Waals surface area contributed by atoms with Crippen LogP contribution in [-0.2, 0) is 6.54 Å². The topological polar surface area (TPSA) is 64.9 Å². The Morgan fingerprint density at radius 2 is 1.93 bits per heavy atom. The van der Waals surface area contributed by atoms with Crippen molar-refractivity contribution in [2.45, 2.75) is 20.4 Å². The largest absolute Gasteiger partial charge is 0.447 e. The predicted molar refractivity (Wildman–Crippen MR) is 115 cm³/mol. The molecular formula is C22H32FN5O2. The first-order valence-corrected chi connectivity index (χ1v) is 10.3. The standard InChI is InChI=1S/C22H32FN5O2/c1-22(2,16-26(3)4)15-24-21(29)18-14-30-20(25-18)13-27-9-11-28(12-10-27)19-8-6-5-7-17(19)23/h5-8,14H,9-13,15-16H2,1-4H3,(H,24,29). The lowest BCUT2D eigenvalue weighted by atomic mass is 9.93. The molecule has 1 amide bonds. The molecule has 164 valence electrons. The van der Waals surface area contributed by atoms with Gasteiger partial charge in [-0.05, 0) is 31.6 Å². The fourth-order valence-corrected chi connectivity index (χ4v) is 3.86. The number of anilines is 1. The van der Waals surface area contributed by atoms with Crippen molar-refractivity contribution >= 4 is 11.6 Å². The Morgan fingerprint density at radius 3 is 2.60 bits per heavy atom. The van der Waals surface area contributed by atoms with Crippen molar-refractivity contribution in [3.8, 4) is 0 Å². The monoisotopic (exact) mass is 417 g/mol. The molecule has 0 spiro atoms. The van der Waals surface area contributed by atoms with Gasteiger partial charge in [-0.3, -0.25) is 9.69 Å². The first-order chi connectivity index (χ1) is 14.2. The number of amides is 1. The molecule has 0 aliphatic carbocycles. The number of rotatable bonds is 8. The van der Waals surface area contributed by atoms with Gasteiger partial charge in [0.25, 0.3) is 5.91 Å². The second kappa shape index (κ2) is 9.57. The van der Waals surface area contributed by atoms with Gasteiger partial charge in [-0.1, -0.05) is 26.0 Å². The molecule has 0 radical (unpaired) electrons. The fourth-order valence-electron chi connectivity index (χ4n) is 3.86. The molecule has 0 unspecified atom stereocenters. The molecule has 1 aromatic carbocycles. The van der Waals surface area contributed by atoms with E-state index in [0.29, 0.717) is 30.4 Å².